The number of hydrogen-bond donors (Lipinski definition) is 1. The molecule has 19 heavy (non-hydrogen) atoms. The Morgan fingerprint density at radius 2 is 2.26 bits per heavy atom. The van der Waals surface area contributed by atoms with Crippen LogP contribution >= 0.6 is 0 Å². The molecule has 5 heteroatoms. The van der Waals surface area contributed by atoms with Crippen molar-refractivity contribution in [2.75, 3.05) is 32.2 Å². The van der Waals surface area contributed by atoms with Gasteiger partial charge in [-0.15, -0.1) is 0 Å². The van der Waals surface area contributed by atoms with Gasteiger partial charge in [-0.3, -0.25) is 0 Å². The summed E-state index contributed by atoms with van der Waals surface area (Å²) < 4.78 is 10.7. The Morgan fingerprint density at radius 3 is 3.00 bits per heavy atom. The van der Waals surface area contributed by atoms with Gasteiger partial charge in [0.25, 0.3) is 0 Å². The fourth-order valence-corrected chi connectivity index (χ4v) is 2.19. The number of nitrogens with zero attached hydrogens (tertiary/aromatic N) is 2. The molecule has 0 spiro atoms. The lowest BCUT2D eigenvalue weighted by molar-refractivity contribution is 0.109. The molecule has 2 rings (SSSR count). The molecule has 0 amide bonds. The van der Waals surface area contributed by atoms with Gasteiger partial charge in [0.15, 0.2) is 0 Å². The molecule has 0 fully saturated rings. The molecule has 0 saturated carbocycles. The summed E-state index contributed by atoms with van der Waals surface area (Å²) in [6.07, 6.45) is 1.94. The number of ether oxygens (including phenoxy) is 2. The van der Waals surface area contributed by atoms with Gasteiger partial charge in [0.05, 0.1) is 25.5 Å². The summed E-state index contributed by atoms with van der Waals surface area (Å²) in [5.74, 6) is 2.01. The SMILES string of the molecule is CCCNc1nc(C(C)COC)nc2c1COCC2. The summed E-state index contributed by atoms with van der Waals surface area (Å²) in [5, 5.41) is 3.39. The predicted molar refractivity (Wildman–Crippen MR) is 74.5 cm³/mol. The molecule has 5 nitrogen and oxygen atoms in total. The first-order valence-corrected chi connectivity index (χ1v) is 6.96. The molecule has 106 valence electrons. The molecule has 1 N–H and O–H groups in total. The van der Waals surface area contributed by atoms with E-state index in [0.29, 0.717) is 13.2 Å². The van der Waals surface area contributed by atoms with Crippen LogP contribution in [0.4, 0.5) is 5.82 Å². The molecule has 1 aliphatic heterocycles. The standard InChI is InChI=1S/C14H23N3O2/c1-4-6-15-14-11-9-19-7-5-12(11)16-13(17-14)10(2)8-18-3/h10H,4-9H2,1-3H3,(H,15,16,17). The van der Waals surface area contributed by atoms with Crippen molar-refractivity contribution in [2.45, 2.75) is 39.2 Å². The first-order chi connectivity index (χ1) is 9.26. The molecule has 2 heterocycles. The highest BCUT2D eigenvalue weighted by molar-refractivity contribution is 5.47. The zero-order chi connectivity index (χ0) is 13.7. The molecule has 0 saturated heterocycles. The summed E-state index contributed by atoms with van der Waals surface area (Å²) in [6.45, 7) is 7.15. The third kappa shape index (κ3) is 3.42. The maximum Gasteiger partial charge on any atom is 0.136 e. The second-order valence-electron chi connectivity index (χ2n) is 4.94. The molecule has 1 aliphatic rings. The molecule has 1 atom stereocenters. The zero-order valence-electron chi connectivity index (χ0n) is 12.0. The molecule has 0 aliphatic carbocycles. The summed E-state index contributed by atoms with van der Waals surface area (Å²) in [6, 6.07) is 0. The number of nitrogens with one attached hydrogen (secondary N) is 1. The summed E-state index contributed by atoms with van der Waals surface area (Å²) in [7, 11) is 1.71. The minimum atomic E-state index is 0.209. The lowest BCUT2D eigenvalue weighted by Crippen LogP contribution is -2.20. The Kier molecular flexibility index (Phi) is 5.10. The third-order valence-electron chi connectivity index (χ3n) is 3.24. The number of anilines is 1. The van der Waals surface area contributed by atoms with Gasteiger partial charge in [0.1, 0.15) is 11.6 Å². The second kappa shape index (κ2) is 6.82. The van der Waals surface area contributed by atoms with Crippen molar-refractivity contribution in [1.82, 2.24) is 9.97 Å². The summed E-state index contributed by atoms with van der Waals surface area (Å²) in [4.78, 5) is 9.35. The van der Waals surface area contributed by atoms with Crippen LogP contribution in [0.3, 0.4) is 0 Å². The molecule has 1 aromatic heterocycles. The fourth-order valence-electron chi connectivity index (χ4n) is 2.19. The van der Waals surface area contributed by atoms with Gasteiger partial charge < -0.3 is 14.8 Å². The van der Waals surface area contributed by atoms with Crippen LogP contribution in [-0.2, 0) is 22.5 Å². The number of aromatic nitrogens is 2. The quantitative estimate of drug-likeness (QED) is 0.854. The zero-order valence-corrected chi connectivity index (χ0v) is 12.0. The van der Waals surface area contributed by atoms with Gasteiger partial charge in [-0.1, -0.05) is 13.8 Å². The first-order valence-electron chi connectivity index (χ1n) is 6.96. The normalized spacial score (nSPS) is 15.9. The Morgan fingerprint density at radius 1 is 1.42 bits per heavy atom. The Hall–Kier alpha value is -1.20. The maximum atomic E-state index is 5.52. The minimum absolute atomic E-state index is 0.209. The van der Waals surface area contributed by atoms with Crippen molar-refractivity contribution in [2.24, 2.45) is 0 Å². The second-order valence-corrected chi connectivity index (χ2v) is 4.94. The van der Waals surface area contributed by atoms with E-state index in [1.165, 1.54) is 0 Å². The van der Waals surface area contributed by atoms with E-state index in [1.54, 1.807) is 7.11 Å². The van der Waals surface area contributed by atoms with E-state index in [0.717, 1.165) is 48.9 Å². The molecule has 0 aromatic carbocycles. The topological polar surface area (TPSA) is 56.3 Å². The van der Waals surface area contributed by atoms with Gasteiger partial charge in [-0.2, -0.15) is 0 Å². The van der Waals surface area contributed by atoms with Gasteiger partial charge in [-0.05, 0) is 6.42 Å². The van der Waals surface area contributed by atoms with E-state index in [9.17, 15) is 0 Å². The molecule has 1 aromatic rings. The smallest absolute Gasteiger partial charge is 0.136 e. The highest BCUT2D eigenvalue weighted by Gasteiger charge is 2.20. The van der Waals surface area contributed by atoms with E-state index in [4.69, 9.17) is 9.47 Å². The average molecular weight is 265 g/mol. The van der Waals surface area contributed by atoms with Crippen molar-refractivity contribution >= 4 is 5.82 Å². The molecule has 0 bridgehead atoms. The van der Waals surface area contributed by atoms with Crippen LogP contribution in [0, 0.1) is 0 Å². The Labute approximate surface area is 114 Å². The van der Waals surface area contributed by atoms with E-state index in [-0.39, 0.29) is 5.92 Å². The predicted octanol–water partition coefficient (Wildman–Crippen LogP) is 2.12. The monoisotopic (exact) mass is 265 g/mol. The van der Waals surface area contributed by atoms with Crippen LogP contribution < -0.4 is 5.32 Å². The van der Waals surface area contributed by atoms with Gasteiger partial charge >= 0.3 is 0 Å². The van der Waals surface area contributed by atoms with Crippen molar-refractivity contribution in [1.29, 1.82) is 0 Å². The van der Waals surface area contributed by atoms with E-state index in [1.807, 2.05) is 0 Å². The third-order valence-corrected chi connectivity index (χ3v) is 3.24. The van der Waals surface area contributed by atoms with Gasteiger partial charge in [0.2, 0.25) is 0 Å². The molecule has 0 radical (unpaired) electrons. The lowest BCUT2D eigenvalue weighted by atomic mass is 10.1. The van der Waals surface area contributed by atoms with Crippen LogP contribution in [0.5, 0.6) is 0 Å². The van der Waals surface area contributed by atoms with Crippen molar-refractivity contribution in [3.05, 3.63) is 17.1 Å². The highest BCUT2D eigenvalue weighted by Crippen LogP contribution is 2.24. The Balaban J connectivity index is 2.30. The van der Waals surface area contributed by atoms with E-state index < -0.39 is 0 Å². The van der Waals surface area contributed by atoms with E-state index >= 15 is 0 Å². The maximum absolute atomic E-state index is 5.52. The van der Waals surface area contributed by atoms with Crippen molar-refractivity contribution < 1.29 is 9.47 Å². The molecule has 1 unspecified atom stereocenters. The van der Waals surface area contributed by atoms with Crippen LogP contribution in [0.2, 0.25) is 0 Å². The number of hydrogen-bond acceptors (Lipinski definition) is 5. The van der Waals surface area contributed by atoms with Crippen molar-refractivity contribution in [3.63, 3.8) is 0 Å². The lowest BCUT2D eigenvalue weighted by Gasteiger charge is -2.21. The van der Waals surface area contributed by atoms with Crippen molar-refractivity contribution in [3.8, 4) is 0 Å². The molecular weight excluding hydrogens is 242 g/mol. The highest BCUT2D eigenvalue weighted by atomic mass is 16.5. The number of rotatable bonds is 6. The van der Waals surface area contributed by atoms with E-state index in [2.05, 4.69) is 29.1 Å². The van der Waals surface area contributed by atoms with Gasteiger partial charge in [-0.25, -0.2) is 9.97 Å². The van der Waals surface area contributed by atoms with Gasteiger partial charge in [0, 0.05) is 31.6 Å². The summed E-state index contributed by atoms with van der Waals surface area (Å²) in [5.41, 5.74) is 2.24. The largest absolute Gasteiger partial charge is 0.384 e. The fraction of sp³-hybridized carbons (Fsp3) is 0.714. The van der Waals surface area contributed by atoms with Crippen LogP contribution in [-0.4, -0.2) is 36.8 Å². The summed E-state index contributed by atoms with van der Waals surface area (Å²) >= 11 is 0. The number of fused-ring (bicyclic) bond motifs is 1. The Bertz CT molecular complexity index is 423. The van der Waals surface area contributed by atoms with Crippen LogP contribution in [0.15, 0.2) is 0 Å². The van der Waals surface area contributed by atoms with Crippen LogP contribution in [0.1, 0.15) is 43.3 Å². The molecular formula is C14H23N3O2. The number of methoxy groups -OCH3 is 1. The first kappa shape index (κ1) is 14.2. The average Bonchev–Trinajstić information content (AvgIpc) is 2.44. The van der Waals surface area contributed by atoms with Crippen LogP contribution in [0.25, 0.3) is 0 Å². The minimum Gasteiger partial charge on any atom is -0.384 e.